The molecule has 0 amide bonds. The van der Waals surface area contributed by atoms with Crippen LogP contribution >= 0.6 is 0 Å². The van der Waals surface area contributed by atoms with Gasteiger partial charge in [-0.25, -0.2) is 0 Å². The quantitative estimate of drug-likeness (QED) is 0.320. The van der Waals surface area contributed by atoms with Gasteiger partial charge < -0.3 is 0 Å². The Balaban J connectivity index is 2.02. The van der Waals surface area contributed by atoms with Crippen LogP contribution in [0.3, 0.4) is 0 Å². The van der Waals surface area contributed by atoms with Crippen LogP contribution in [0.25, 0.3) is 32.7 Å². The van der Waals surface area contributed by atoms with Crippen molar-refractivity contribution < 1.29 is 0 Å². The molecule has 0 heteroatoms. The van der Waals surface area contributed by atoms with E-state index in [1.54, 1.807) is 0 Å². The Morgan fingerprint density at radius 1 is 0.696 bits per heavy atom. The number of hydrogen-bond donors (Lipinski definition) is 0. The molecule has 0 radical (unpaired) electrons. The monoisotopic (exact) mass is 294 g/mol. The highest BCUT2D eigenvalue weighted by atomic mass is 14.3. The van der Waals surface area contributed by atoms with Crippen LogP contribution in [0.15, 0.2) is 60.7 Å². The number of aryl methyl sites for hydroxylation is 2. The summed E-state index contributed by atoms with van der Waals surface area (Å²) in [5.41, 5.74) is 8.64. The van der Waals surface area contributed by atoms with Gasteiger partial charge in [-0.2, -0.15) is 0 Å². The average molecular weight is 294 g/mol. The van der Waals surface area contributed by atoms with E-state index in [1.165, 1.54) is 54.9 Å². The maximum Gasteiger partial charge on any atom is -0.00129 e. The lowest BCUT2D eigenvalue weighted by Gasteiger charge is -2.25. The van der Waals surface area contributed by atoms with Crippen LogP contribution in [-0.2, 0) is 6.42 Å². The Morgan fingerprint density at radius 3 is 2.43 bits per heavy atom. The van der Waals surface area contributed by atoms with Gasteiger partial charge in [0, 0.05) is 0 Å². The Hall–Kier alpha value is -2.60. The molecule has 0 saturated carbocycles. The van der Waals surface area contributed by atoms with Gasteiger partial charge in [0.2, 0.25) is 0 Å². The molecule has 4 aromatic carbocycles. The summed E-state index contributed by atoms with van der Waals surface area (Å²) in [7, 11) is 0. The minimum Gasteiger partial charge on any atom is -0.0616 e. The minimum atomic E-state index is 1.04. The maximum atomic E-state index is 2.39. The normalized spacial score (nSPS) is 12.6. The number of fused-ring (bicyclic) bond motifs is 3. The molecule has 0 aliphatic heterocycles. The topological polar surface area (TPSA) is 0 Å². The highest BCUT2D eigenvalue weighted by Gasteiger charge is 2.22. The Bertz CT molecular complexity index is 1100. The summed E-state index contributed by atoms with van der Waals surface area (Å²) in [6.07, 6.45) is 1.04. The van der Waals surface area contributed by atoms with Crippen molar-refractivity contribution in [1.82, 2.24) is 0 Å². The van der Waals surface area contributed by atoms with Crippen LogP contribution in [0.4, 0.5) is 0 Å². The summed E-state index contributed by atoms with van der Waals surface area (Å²) < 4.78 is 0. The molecule has 0 atom stereocenters. The highest BCUT2D eigenvalue weighted by molar-refractivity contribution is 6.06. The summed E-state index contributed by atoms with van der Waals surface area (Å²) in [5, 5.41) is 5.55. The van der Waals surface area contributed by atoms with Crippen LogP contribution < -0.4 is 0 Å². The van der Waals surface area contributed by atoms with Crippen molar-refractivity contribution in [1.29, 1.82) is 0 Å². The third-order valence-electron chi connectivity index (χ3n) is 5.36. The first-order valence-corrected chi connectivity index (χ1v) is 8.27. The van der Waals surface area contributed by atoms with Gasteiger partial charge in [0.1, 0.15) is 0 Å². The molecule has 1 aliphatic rings. The van der Waals surface area contributed by atoms with Gasteiger partial charge >= 0.3 is 0 Å². The fourth-order valence-electron chi connectivity index (χ4n) is 4.32. The van der Waals surface area contributed by atoms with Gasteiger partial charge in [-0.1, -0.05) is 60.7 Å². The molecule has 0 bridgehead atoms. The summed E-state index contributed by atoms with van der Waals surface area (Å²) in [4.78, 5) is 0. The molecule has 0 spiro atoms. The molecule has 5 rings (SSSR count). The largest absolute Gasteiger partial charge is 0.0616 e. The second-order valence-corrected chi connectivity index (χ2v) is 6.71. The molecule has 23 heavy (non-hydrogen) atoms. The van der Waals surface area contributed by atoms with Crippen LogP contribution in [-0.4, -0.2) is 0 Å². The molecule has 4 aromatic rings. The molecule has 0 heterocycles. The minimum absolute atomic E-state index is 1.04. The first-order chi connectivity index (χ1) is 11.2. The van der Waals surface area contributed by atoms with Crippen molar-refractivity contribution in [3.05, 3.63) is 82.9 Å². The van der Waals surface area contributed by atoms with Crippen molar-refractivity contribution in [3.63, 3.8) is 0 Å². The molecule has 0 fully saturated rings. The molecular formula is C23H18. The summed E-state index contributed by atoms with van der Waals surface area (Å²) >= 11 is 0. The maximum absolute atomic E-state index is 2.39. The van der Waals surface area contributed by atoms with Crippen molar-refractivity contribution in [2.75, 3.05) is 0 Å². The van der Waals surface area contributed by atoms with Gasteiger partial charge in [-0.3, -0.25) is 0 Å². The molecule has 1 aliphatic carbocycles. The third kappa shape index (κ3) is 1.66. The average Bonchev–Trinajstić information content (AvgIpc) is 2.57. The summed E-state index contributed by atoms with van der Waals surface area (Å²) in [6, 6.07) is 22.4. The summed E-state index contributed by atoms with van der Waals surface area (Å²) in [5.74, 6) is 0. The fraction of sp³-hybridized carbons (Fsp3) is 0.130. The van der Waals surface area contributed by atoms with Crippen molar-refractivity contribution in [3.8, 4) is 11.1 Å². The summed E-state index contributed by atoms with van der Waals surface area (Å²) in [6.45, 7) is 4.53. The van der Waals surface area contributed by atoms with Gasteiger partial charge in [0.15, 0.2) is 0 Å². The lowest BCUT2D eigenvalue weighted by atomic mass is 9.78. The van der Waals surface area contributed by atoms with Crippen LogP contribution in [0.1, 0.15) is 22.3 Å². The van der Waals surface area contributed by atoms with E-state index in [4.69, 9.17) is 0 Å². The number of benzene rings is 4. The second-order valence-electron chi connectivity index (χ2n) is 6.71. The lowest BCUT2D eigenvalue weighted by Crippen LogP contribution is -2.05. The van der Waals surface area contributed by atoms with Gasteiger partial charge in [-0.15, -0.1) is 0 Å². The highest BCUT2D eigenvalue weighted by Crippen LogP contribution is 2.44. The van der Waals surface area contributed by atoms with Crippen molar-refractivity contribution in [2.45, 2.75) is 20.3 Å². The number of hydrogen-bond acceptors (Lipinski definition) is 0. The van der Waals surface area contributed by atoms with E-state index < -0.39 is 0 Å². The standard InChI is InChI=1S/C23H18/c1-14-10-11-16-7-5-8-18-13-19-12-17-6-3-4-9-20(17)15(2)22(19)21(14)23(16)18/h3-12H,13H2,1-2H3. The molecular weight excluding hydrogens is 276 g/mol. The van der Waals surface area contributed by atoms with Crippen molar-refractivity contribution in [2.24, 2.45) is 0 Å². The van der Waals surface area contributed by atoms with Gasteiger partial charge in [-0.05, 0) is 75.2 Å². The molecule has 0 nitrogen and oxygen atoms in total. The van der Waals surface area contributed by atoms with Gasteiger partial charge in [0.25, 0.3) is 0 Å². The Morgan fingerprint density at radius 2 is 1.52 bits per heavy atom. The molecule has 0 unspecified atom stereocenters. The third-order valence-corrected chi connectivity index (χ3v) is 5.36. The Labute approximate surface area is 136 Å². The van der Waals surface area contributed by atoms with E-state index >= 15 is 0 Å². The van der Waals surface area contributed by atoms with E-state index in [1.807, 2.05) is 0 Å². The predicted octanol–water partition coefficient (Wildman–Crippen LogP) is 6.18. The van der Waals surface area contributed by atoms with E-state index in [0.717, 1.165) is 6.42 Å². The predicted molar refractivity (Wildman–Crippen MR) is 99.2 cm³/mol. The van der Waals surface area contributed by atoms with Crippen LogP contribution in [0.2, 0.25) is 0 Å². The first kappa shape index (κ1) is 12.9. The molecule has 0 aromatic heterocycles. The van der Waals surface area contributed by atoms with E-state index in [-0.39, 0.29) is 0 Å². The molecule has 110 valence electrons. The zero-order valence-electron chi connectivity index (χ0n) is 13.5. The fourth-order valence-corrected chi connectivity index (χ4v) is 4.32. The zero-order chi connectivity index (χ0) is 15.6. The van der Waals surface area contributed by atoms with Crippen molar-refractivity contribution >= 4 is 21.5 Å². The Kier molecular flexibility index (Phi) is 2.50. The lowest BCUT2D eigenvalue weighted by molar-refractivity contribution is 1.19. The molecule has 0 saturated heterocycles. The smallest absolute Gasteiger partial charge is 0.00129 e. The van der Waals surface area contributed by atoms with E-state index in [0.29, 0.717) is 0 Å². The van der Waals surface area contributed by atoms with Crippen LogP contribution in [0.5, 0.6) is 0 Å². The second kappa shape index (κ2) is 4.45. The first-order valence-electron chi connectivity index (χ1n) is 8.27. The van der Waals surface area contributed by atoms with E-state index in [9.17, 15) is 0 Å². The number of rotatable bonds is 0. The van der Waals surface area contributed by atoms with E-state index in [2.05, 4.69) is 74.5 Å². The zero-order valence-corrected chi connectivity index (χ0v) is 13.5. The van der Waals surface area contributed by atoms with Crippen LogP contribution in [0, 0.1) is 13.8 Å². The van der Waals surface area contributed by atoms with Gasteiger partial charge in [0.05, 0.1) is 0 Å². The molecule has 0 N–H and O–H groups in total. The SMILES string of the molecule is Cc1ccc2cccc3c2c1-c1c(cc2ccccc2c1C)C3.